The second kappa shape index (κ2) is 6.49. The Morgan fingerprint density at radius 3 is 2.88 bits per heavy atom. The lowest BCUT2D eigenvalue weighted by Gasteiger charge is -2.32. The van der Waals surface area contributed by atoms with Crippen LogP contribution in [-0.2, 0) is 9.59 Å². The van der Waals surface area contributed by atoms with Crippen LogP contribution in [0.5, 0.6) is 5.75 Å². The standard InChI is InChI=1S/C17H14ClFN2O3/c1-10-17(23)21(14-4-2-3-5-15(14)24-10)9-16(22)20-13-8-11(18)6-7-12(13)19/h2-8,10H,9H2,1H3,(H,20,22). The highest BCUT2D eigenvalue weighted by Crippen LogP contribution is 2.33. The quantitative estimate of drug-likeness (QED) is 0.926. The SMILES string of the molecule is CC1Oc2ccccc2N(CC(=O)Nc2cc(Cl)ccc2F)C1=O. The van der Waals surface area contributed by atoms with Crippen LogP contribution in [0, 0.1) is 5.82 Å². The molecule has 0 spiro atoms. The summed E-state index contributed by atoms with van der Waals surface area (Å²) in [5.74, 6) is -0.954. The summed E-state index contributed by atoms with van der Waals surface area (Å²) >= 11 is 5.80. The van der Waals surface area contributed by atoms with Crippen LogP contribution in [0.2, 0.25) is 5.02 Å². The fraction of sp³-hybridized carbons (Fsp3) is 0.176. The summed E-state index contributed by atoms with van der Waals surface area (Å²) in [7, 11) is 0. The van der Waals surface area contributed by atoms with Crippen LogP contribution < -0.4 is 15.0 Å². The maximum atomic E-state index is 13.7. The van der Waals surface area contributed by atoms with E-state index in [1.165, 1.54) is 17.0 Å². The summed E-state index contributed by atoms with van der Waals surface area (Å²) in [4.78, 5) is 25.9. The largest absolute Gasteiger partial charge is 0.479 e. The fourth-order valence-corrected chi connectivity index (χ4v) is 2.62. The summed E-state index contributed by atoms with van der Waals surface area (Å²) in [6.07, 6.45) is -0.699. The fourth-order valence-electron chi connectivity index (χ4n) is 2.45. The molecule has 2 aromatic carbocycles. The molecule has 0 saturated heterocycles. The minimum atomic E-state index is -0.699. The third-order valence-corrected chi connectivity index (χ3v) is 3.81. The van der Waals surface area contributed by atoms with Crippen molar-refractivity contribution in [1.29, 1.82) is 0 Å². The smallest absolute Gasteiger partial charge is 0.268 e. The molecule has 0 aliphatic carbocycles. The topological polar surface area (TPSA) is 58.6 Å². The van der Waals surface area contributed by atoms with Gasteiger partial charge in [0.25, 0.3) is 5.91 Å². The minimum absolute atomic E-state index is 0.0328. The summed E-state index contributed by atoms with van der Waals surface area (Å²) in [6.45, 7) is 1.36. The van der Waals surface area contributed by atoms with Crippen molar-refractivity contribution in [2.75, 3.05) is 16.8 Å². The number of rotatable bonds is 3. The molecule has 1 aliphatic heterocycles. The maximum absolute atomic E-state index is 13.7. The third-order valence-electron chi connectivity index (χ3n) is 3.58. The van der Waals surface area contributed by atoms with E-state index < -0.39 is 17.8 Å². The summed E-state index contributed by atoms with van der Waals surface area (Å²) in [5.41, 5.74) is 0.469. The second-order valence-electron chi connectivity index (χ2n) is 5.32. The summed E-state index contributed by atoms with van der Waals surface area (Å²) in [5, 5.41) is 2.73. The van der Waals surface area contributed by atoms with E-state index in [-0.39, 0.29) is 18.1 Å². The highest BCUT2D eigenvalue weighted by molar-refractivity contribution is 6.30. The number of ether oxygens (including phenoxy) is 1. The average Bonchev–Trinajstić information content (AvgIpc) is 2.55. The number of hydrogen-bond donors (Lipinski definition) is 1. The normalized spacial score (nSPS) is 16.4. The van der Waals surface area contributed by atoms with Crippen molar-refractivity contribution < 1.29 is 18.7 Å². The van der Waals surface area contributed by atoms with Gasteiger partial charge in [0.2, 0.25) is 5.91 Å². The molecule has 0 fully saturated rings. The van der Waals surface area contributed by atoms with E-state index in [2.05, 4.69) is 5.32 Å². The molecule has 0 bridgehead atoms. The van der Waals surface area contributed by atoms with Gasteiger partial charge in [-0.2, -0.15) is 0 Å². The van der Waals surface area contributed by atoms with Crippen LogP contribution in [0.25, 0.3) is 0 Å². The number of nitrogens with zero attached hydrogens (tertiary/aromatic N) is 1. The lowest BCUT2D eigenvalue weighted by molar-refractivity contribution is -0.127. The molecule has 0 saturated carbocycles. The molecule has 1 heterocycles. The number of benzene rings is 2. The van der Waals surface area contributed by atoms with E-state index in [0.717, 1.165) is 6.07 Å². The Bertz CT molecular complexity index is 812. The molecule has 1 unspecified atom stereocenters. The van der Waals surface area contributed by atoms with Gasteiger partial charge in [0.1, 0.15) is 18.1 Å². The first-order chi connectivity index (χ1) is 11.5. The lowest BCUT2D eigenvalue weighted by atomic mass is 10.2. The van der Waals surface area contributed by atoms with E-state index in [4.69, 9.17) is 16.3 Å². The van der Waals surface area contributed by atoms with Crippen molar-refractivity contribution in [1.82, 2.24) is 0 Å². The highest BCUT2D eigenvalue weighted by atomic mass is 35.5. The van der Waals surface area contributed by atoms with Crippen molar-refractivity contribution in [2.24, 2.45) is 0 Å². The van der Waals surface area contributed by atoms with Gasteiger partial charge in [0, 0.05) is 5.02 Å². The number of carbonyl (C=O) groups excluding carboxylic acids is 2. The number of para-hydroxylation sites is 2. The van der Waals surface area contributed by atoms with E-state index in [0.29, 0.717) is 16.5 Å². The van der Waals surface area contributed by atoms with E-state index >= 15 is 0 Å². The van der Waals surface area contributed by atoms with Crippen LogP contribution in [-0.4, -0.2) is 24.5 Å². The minimum Gasteiger partial charge on any atom is -0.479 e. The first-order valence-corrected chi connectivity index (χ1v) is 7.65. The second-order valence-corrected chi connectivity index (χ2v) is 5.76. The molecule has 0 aromatic heterocycles. The number of halogens is 2. The van der Waals surface area contributed by atoms with Gasteiger partial charge in [-0.3, -0.25) is 14.5 Å². The Hall–Kier alpha value is -2.60. The number of hydrogen-bond acceptors (Lipinski definition) is 3. The van der Waals surface area contributed by atoms with Crippen LogP contribution in [0.3, 0.4) is 0 Å². The Labute approximate surface area is 143 Å². The number of nitrogens with one attached hydrogen (secondary N) is 1. The Morgan fingerprint density at radius 2 is 2.08 bits per heavy atom. The van der Waals surface area contributed by atoms with E-state index in [1.54, 1.807) is 31.2 Å². The van der Waals surface area contributed by atoms with Gasteiger partial charge in [-0.25, -0.2) is 4.39 Å². The zero-order valence-electron chi connectivity index (χ0n) is 12.8. The molecule has 1 N–H and O–H groups in total. The van der Waals surface area contributed by atoms with Crippen molar-refractivity contribution in [3.05, 3.63) is 53.3 Å². The number of carbonyl (C=O) groups is 2. The zero-order chi connectivity index (χ0) is 17.3. The van der Waals surface area contributed by atoms with Crippen LogP contribution in [0.1, 0.15) is 6.92 Å². The van der Waals surface area contributed by atoms with Crippen LogP contribution in [0.4, 0.5) is 15.8 Å². The zero-order valence-corrected chi connectivity index (χ0v) is 13.5. The molecule has 0 radical (unpaired) electrons. The predicted octanol–water partition coefficient (Wildman–Crippen LogP) is 3.23. The number of fused-ring (bicyclic) bond motifs is 1. The Morgan fingerprint density at radius 1 is 1.33 bits per heavy atom. The van der Waals surface area contributed by atoms with Crippen molar-refractivity contribution >= 4 is 34.8 Å². The first-order valence-electron chi connectivity index (χ1n) is 7.27. The molecule has 2 aromatic rings. The lowest BCUT2D eigenvalue weighted by Crippen LogP contribution is -2.47. The van der Waals surface area contributed by atoms with Gasteiger partial charge >= 0.3 is 0 Å². The molecule has 1 aliphatic rings. The first kappa shape index (κ1) is 16.3. The van der Waals surface area contributed by atoms with Gasteiger partial charge in [-0.15, -0.1) is 0 Å². The maximum Gasteiger partial charge on any atom is 0.268 e. The van der Waals surface area contributed by atoms with E-state index in [9.17, 15) is 14.0 Å². The van der Waals surface area contributed by atoms with Crippen molar-refractivity contribution in [3.63, 3.8) is 0 Å². The Kier molecular flexibility index (Phi) is 4.40. The van der Waals surface area contributed by atoms with Crippen molar-refractivity contribution in [2.45, 2.75) is 13.0 Å². The van der Waals surface area contributed by atoms with Gasteiger partial charge in [-0.05, 0) is 37.3 Å². The van der Waals surface area contributed by atoms with Crippen LogP contribution >= 0.6 is 11.6 Å². The van der Waals surface area contributed by atoms with Crippen molar-refractivity contribution in [3.8, 4) is 5.75 Å². The third kappa shape index (κ3) is 3.19. The molecule has 1 atom stereocenters. The van der Waals surface area contributed by atoms with Crippen LogP contribution in [0.15, 0.2) is 42.5 Å². The molecule has 7 heteroatoms. The average molecular weight is 349 g/mol. The monoisotopic (exact) mass is 348 g/mol. The predicted molar refractivity (Wildman–Crippen MR) is 88.9 cm³/mol. The molecular weight excluding hydrogens is 335 g/mol. The summed E-state index contributed by atoms with van der Waals surface area (Å²) < 4.78 is 19.2. The molecule has 24 heavy (non-hydrogen) atoms. The number of anilines is 2. The molecule has 5 nitrogen and oxygen atoms in total. The molecule has 3 rings (SSSR count). The number of amides is 2. The van der Waals surface area contributed by atoms with Gasteiger partial charge in [0.15, 0.2) is 6.10 Å². The van der Waals surface area contributed by atoms with Gasteiger partial charge in [0.05, 0.1) is 11.4 Å². The Balaban J connectivity index is 1.81. The van der Waals surface area contributed by atoms with Gasteiger partial charge < -0.3 is 10.1 Å². The molecular formula is C17H14ClFN2O3. The van der Waals surface area contributed by atoms with E-state index in [1.807, 2.05) is 0 Å². The molecule has 124 valence electrons. The highest BCUT2D eigenvalue weighted by Gasteiger charge is 2.32. The summed E-state index contributed by atoms with van der Waals surface area (Å²) in [6, 6.07) is 10.8. The van der Waals surface area contributed by atoms with Gasteiger partial charge in [-0.1, -0.05) is 23.7 Å². The molecule has 2 amide bonds.